The van der Waals surface area contributed by atoms with Gasteiger partial charge in [-0.3, -0.25) is 0 Å². The van der Waals surface area contributed by atoms with Gasteiger partial charge in [0.25, 0.3) is 0 Å². The lowest BCUT2D eigenvalue weighted by Crippen LogP contribution is -2.35. The van der Waals surface area contributed by atoms with Crippen molar-refractivity contribution in [3.05, 3.63) is 16.3 Å². The van der Waals surface area contributed by atoms with Crippen molar-refractivity contribution in [2.75, 3.05) is 7.05 Å². The van der Waals surface area contributed by atoms with Gasteiger partial charge in [-0.05, 0) is 25.3 Å². The van der Waals surface area contributed by atoms with Gasteiger partial charge in [0.05, 0.1) is 4.90 Å². The molecule has 2 N–H and O–H groups in total. The Morgan fingerprint density at radius 1 is 1.39 bits per heavy atom. The van der Waals surface area contributed by atoms with E-state index in [1.807, 2.05) is 6.92 Å². The number of hydrogen-bond acceptors (Lipinski definition) is 4. The van der Waals surface area contributed by atoms with Crippen molar-refractivity contribution in [2.24, 2.45) is 11.7 Å². The van der Waals surface area contributed by atoms with E-state index in [0.717, 1.165) is 11.3 Å². The van der Waals surface area contributed by atoms with Crippen LogP contribution >= 0.6 is 11.3 Å². The number of hydrogen-bond donors (Lipinski definition) is 1. The Bertz CT molecular complexity index is 480. The van der Waals surface area contributed by atoms with Crippen LogP contribution in [0.15, 0.2) is 16.3 Å². The van der Waals surface area contributed by atoms with Crippen molar-refractivity contribution >= 4 is 21.4 Å². The highest BCUT2D eigenvalue weighted by molar-refractivity contribution is 7.89. The summed E-state index contributed by atoms with van der Waals surface area (Å²) < 4.78 is 26.2. The van der Waals surface area contributed by atoms with E-state index in [-0.39, 0.29) is 6.04 Å². The van der Waals surface area contributed by atoms with Gasteiger partial charge in [0.15, 0.2) is 0 Å². The molecule has 0 amide bonds. The first kappa shape index (κ1) is 15.6. The van der Waals surface area contributed by atoms with Crippen LogP contribution in [0.25, 0.3) is 0 Å². The zero-order valence-electron chi connectivity index (χ0n) is 11.4. The second-order valence-electron chi connectivity index (χ2n) is 4.95. The standard InChI is InChI=1S/C12H22N2O2S2/c1-9(2)5-10(3)14(4)18(15,16)12-6-11(7-13)17-8-12/h6,8-10H,5,7,13H2,1-4H3. The Morgan fingerprint density at radius 3 is 2.44 bits per heavy atom. The van der Waals surface area contributed by atoms with Crippen LogP contribution in [0.2, 0.25) is 0 Å². The highest BCUT2D eigenvalue weighted by Gasteiger charge is 2.26. The molecule has 0 saturated carbocycles. The van der Waals surface area contributed by atoms with Gasteiger partial charge in [-0.15, -0.1) is 11.3 Å². The Morgan fingerprint density at radius 2 is 2.00 bits per heavy atom. The highest BCUT2D eigenvalue weighted by Crippen LogP contribution is 2.24. The molecule has 1 rings (SSSR count). The molecule has 18 heavy (non-hydrogen) atoms. The lowest BCUT2D eigenvalue weighted by Gasteiger charge is -2.25. The number of nitrogens with two attached hydrogens (primary N) is 1. The van der Waals surface area contributed by atoms with E-state index in [0.29, 0.717) is 17.4 Å². The van der Waals surface area contributed by atoms with Crippen molar-refractivity contribution in [1.82, 2.24) is 4.31 Å². The van der Waals surface area contributed by atoms with Crippen molar-refractivity contribution in [3.8, 4) is 0 Å². The van der Waals surface area contributed by atoms with Crippen LogP contribution in [-0.2, 0) is 16.6 Å². The molecule has 0 bridgehead atoms. The zero-order chi connectivity index (χ0) is 13.9. The van der Waals surface area contributed by atoms with Crippen LogP contribution < -0.4 is 5.73 Å². The average Bonchev–Trinajstić information content (AvgIpc) is 2.76. The third kappa shape index (κ3) is 3.54. The predicted octanol–water partition coefficient (Wildman–Crippen LogP) is 2.26. The third-order valence-electron chi connectivity index (χ3n) is 2.94. The molecule has 104 valence electrons. The summed E-state index contributed by atoms with van der Waals surface area (Å²) in [6, 6.07) is 1.66. The van der Waals surface area contributed by atoms with Crippen molar-refractivity contribution in [3.63, 3.8) is 0 Å². The van der Waals surface area contributed by atoms with Gasteiger partial charge in [-0.2, -0.15) is 4.31 Å². The first-order valence-electron chi connectivity index (χ1n) is 6.04. The van der Waals surface area contributed by atoms with Gasteiger partial charge in [0.2, 0.25) is 10.0 Å². The molecule has 0 aromatic carbocycles. The maximum atomic E-state index is 12.4. The van der Waals surface area contributed by atoms with Crippen LogP contribution in [-0.4, -0.2) is 25.8 Å². The molecule has 0 spiro atoms. The van der Waals surface area contributed by atoms with Gasteiger partial charge < -0.3 is 5.73 Å². The van der Waals surface area contributed by atoms with E-state index < -0.39 is 10.0 Å². The molecule has 0 aliphatic heterocycles. The fourth-order valence-electron chi connectivity index (χ4n) is 1.84. The van der Waals surface area contributed by atoms with Gasteiger partial charge in [0, 0.05) is 29.9 Å². The predicted molar refractivity (Wildman–Crippen MR) is 76.1 cm³/mol. The minimum absolute atomic E-state index is 0.00349. The average molecular weight is 290 g/mol. The Labute approximate surface area is 114 Å². The normalized spacial score (nSPS) is 14.4. The molecule has 1 unspecified atom stereocenters. The quantitative estimate of drug-likeness (QED) is 0.874. The topological polar surface area (TPSA) is 63.4 Å². The molecule has 1 aromatic heterocycles. The van der Waals surface area contributed by atoms with E-state index in [1.165, 1.54) is 15.6 Å². The maximum Gasteiger partial charge on any atom is 0.243 e. The number of rotatable bonds is 6. The largest absolute Gasteiger partial charge is 0.326 e. The van der Waals surface area contributed by atoms with Gasteiger partial charge in [-0.1, -0.05) is 13.8 Å². The van der Waals surface area contributed by atoms with E-state index in [9.17, 15) is 8.42 Å². The molecule has 6 heteroatoms. The van der Waals surface area contributed by atoms with E-state index >= 15 is 0 Å². The van der Waals surface area contributed by atoms with Crippen LogP contribution in [0, 0.1) is 5.92 Å². The Kier molecular flexibility index (Phi) is 5.33. The second-order valence-corrected chi connectivity index (χ2v) is 7.95. The van der Waals surface area contributed by atoms with Crippen molar-refractivity contribution in [1.29, 1.82) is 0 Å². The monoisotopic (exact) mass is 290 g/mol. The Hall–Kier alpha value is -0.430. The smallest absolute Gasteiger partial charge is 0.243 e. The summed E-state index contributed by atoms with van der Waals surface area (Å²) in [6.45, 7) is 6.50. The summed E-state index contributed by atoms with van der Waals surface area (Å²) in [5, 5.41) is 1.66. The van der Waals surface area contributed by atoms with E-state index in [2.05, 4.69) is 13.8 Å². The third-order valence-corrected chi connectivity index (χ3v) is 6.00. The van der Waals surface area contributed by atoms with Crippen LogP contribution in [0.1, 0.15) is 32.1 Å². The zero-order valence-corrected chi connectivity index (χ0v) is 13.0. The number of sulfonamides is 1. The van der Waals surface area contributed by atoms with Crippen LogP contribution in [0.5, 0.6) is 0 Å². The first-order chi connectivity index (χ1) is 8.28. The molecule has 1 aromatic rings. The first-order valence-corrected chi connectivity index (χ1v) is 8.36. The molecule has 0 fully saturated rings. The summed E-state index contributed by atoms with van der Waals surface area (Å²) in [5.41, 5.74) is 5.51. The molecule has 0 radical (unpaired) electrons. The molecule has 0 saturated heterocycles. The molecular formula is C12H22N2O2S2. The SMILES string of the molecule is CC(C)CC(C)N(C)S(=O)(=O)c1csc(CN)c1. The van der Waals surface area contributed by atoms with Crippen LogP contribution in [0.3, 0.4) is 0 Å². The van der Waals surface area contributed by atoms with E-state index in [4.69, 9.17) is 5.73 Å². The second kappa shape index (κ2) is 6.14. The molecule has 1 atom stereocenters. The van der Waals surface area contributed by atoms with Crippen LogP contribution in [0.4, 0.5) is 0 Å². The van der Waals surface area contributed by atoms with Gasteiger partial charge in [0.1, 0.15) is 0 Å². The molecule has 0 aliphatic carbocycles. The minimum atomic E-state index is -3.38. The highest BCUT2D eigenvalue weighted by atomic mass is 32.2. The van der Waals surface area contributed by atoms with Crippen molar-refractivity contribution < 1.29 is 8.42 Å². The van der Waals surface area contributed by atoms with E-state index in [1.54, 1.807) is 18.5 Å². The fraction of sp³-hybridized carbons (Fsp3) is 0.667. The number of nitrogens with zero attached hydrogens (tertiary/aromatic N) is 1. The van der Waals surface area contributed by atoms with Gasteiger partial charge >= 0.3 is 0 Å². The summed E-state index contributed by atoms with van der Waals surface area (Å²) in [7, 11) is -1.74. The summed E-state index contributed by atoms with van der Waals surface area (Å²) in [6.07, 6.45) is 0.851. The Balaban J connectivity index is 2.92. The molecule has 0 aliphatic rings. The lowest BCUT2D eigenvalue weighted by molar-refractivity contribution is 0.338. The molecule has 1 heterocycles. The maximum absolute atomic E-state index is 12.4. The molecular weight excluding hydrogens is 268 g/mol. The fourth-order valence-corrected chi connectivity index (χ4v) is 4.35. The summed E-state index contributed by atoms with van der Waals surface area (Å²) in [4.78, 5) is 1.24. The summed E-state index contributed by atoms with van der Waals surface area (Å²) >= 11 is 1.39. The van der Waals surface area contributed by atoms with Gasteiger partial charge in [-0.25, -0.2) is 8.42 Å². The van der Waals surface area contributed by atoms with Crippen molar-refractivity contribution in [2.45, 2.75) is 44.7 Å². The summed E-state index contributed by atoms with van der Waals surface area (Å²) in [5.74, 6) is 0.472. The molecule has 4 nitrogen and oxygen atoms in total. The number of thiophene rings is 1. The minimum Gasteiger partial charge on any atom is -0.326 e. The lowest BCUT2D eigenvalue weighted by atomic mass is 10.1.